The summed E-state index contributed by atoms with van der Waals surface area (Å²) in [5, 5.41) is 3.57. The molecule has 0 bridgehead atoms. The number of hydrogen-bond donors (Lipinski definition) is 1. The molecule has 1 aromatic heterocycles. The van der Waals surface area contributed by atoms with Crippen LogP contribution in [0.1, 0.15) is 18.7 Å². The fourth-order valence-electron chi connectivity index (χ4n) is 1.81. The van der Waals surface area contributed by atoms with Crippen LogP contribution in [-0.4, -0.2) is 34.2 Å². The van der Waals surface area contributed by atoms with E-state index in [-0.39, 0.29) is 0 Å². The molecule has 0 spiro atoms. The number of aromatic nitrogens is 2. The van der Waals surface area contributed by atoms with Crippen LogP contribution in [0.2, 0.25) is 0 Å². The van der Waals surface area contributed by atoms with E-state index in [1.54, 1.807) is 0 Å². The van der Waals surface area contributed by atoms with Crippen molar-refractivity contribution in [3.63, 3.8) is 0 Å². The molecule has 1 unspecified atom stereocenters. The van der Waals surface area contributed by atoms with Crippen LogP contribution in [0.4, 0.5) is 0 Å². The summed E-state index contributed by atoms with van der Waals surface area (Å²) in [6.45, 7) is 2.54. The first kappa shape index (κ1) is 8.65. The molecule has 1 aliphatic rings. The van der Waals surface area contributed by atoms with Gasteiger partial charge in [0.05, 0.1) is 6.54 Å². The first-order chi connectivity index (χ1) is 6.40. The molecule has 1 aliphatic heterocycles. The van der Waals surface area contributed by atoms with Crippen LogP contribution < -0.4 is 5.73 Å². The SMILES string of the molecule is NCC1CCCN1Cc1ncno1. The van der Waals surface area contributed by atoms with Gasteiger partial charge in [-0.3, -0.25) is 4.90 Å². The van der Waals surface area contributed by atoms with Gasteiger partial charge < -0.3 is 10.3 Å². The van der Waals surface area contributed by atoms with Crippen LogP contribution in [0.25, 0.3) is 0 Å². The van der Waals surface area contributed by atoms with Gasteiger partial charge >= 0.3 is 0 Å². The molecular weight excluding hydrogens is 168 g/mol. The van der Waals surface area contributed by atoms with Crippen molar-refractivity contribution in [1.82, 2.24) is 15.0 Å². The van der Waals surface area contributed by atoms with Crippen molar-refractivity contribution in [2.45, 2.75) is 25.4 Å². The Morgan fingerprint density at radius 2 is 2.62 bits per heavy atom. The van der Waals surface area contributed by atoms with Gasteiger partial charge in [0.1, 0.15) is 0 Å². The Labute approximate surface area is 76.9 Å². The Morgan fingerprint density at radius 1 is 1.69 bits per heavy atom. The molecule has 0 aliphatic carbocycles. The van der Waals surface area contributed by atoms with Gasteiger partial charge in [0.25, 0.3) is 0 Å². The van der Waals surface area contributed by atoms with Gasteiger partial charge in [-0.25, -0.2) is 0 Å². The molecule has 2 heterocycles. The van der Waals surface area contributed by atoms with Crippen LogP contribution in [0.5, 0.6) is 0 Å². The van der Waals surface area contributed by atoms with Gasteiger partial charge in [-0.05, 0) is 19.4 Å². The molecule has 0 radical (unpaired) electrons. The maximum atomic E-state index is 5.64. The molecular formula is C8H14N4O. The van der Waals surface area contributed by atoms with Crippen LogP contribution >= 0.6 is 0 Å². The Balaban J connectivity index is 1.94. The van der Waals surface area contributed by atoms with E-state index in [4.69, 9.17) is 10.3 Å². The van der Waals surface area contributed by atoms with E-state index in [1.807, 2.05) is 0 Å². The summed E-state index contributed by atoms with van der Waals surface area (Å²) in [6, 6.07) is 0.492. The topological polar surface area (TPSA) is 68.2 Å². The first-order valence-corrected chi connectivity index (χ1v) is 4.60. The normalized spacial score (nSPS) is 23.9. The van der Waals surface area contributed by atoms with E-state index >= 15 is 0 Å². The van der Waals surface area contributed by atoms with E-state index < -0.39 is 0 Å². The van der Waals surface area contributed by atoms with Crippen LogP contribution in [0, 0.1) is 0 Å². The van der Waals surface area contributed by atoms with Gasteiger partial charge in [-0.1, -0.05) is 5.16 Å². The van der Waals surface area contributed by atoms with Crippen molar-refractivity contribution in [2.24, 2.45) is 5.73 Å². The molecule has 1 atom stereocenters. The second kappa shape index (κ2) is 3.85. The molecule has 1 aromatic rings. The second-order valence-corrected chi connectivity index (χ2v) is 3.34. The third-order valence-electron chi connectivity index (χ3n) is 2.52. The third kappa shape index (κ3) is 1.87. The Bertz CT molecular complexity index is 249. The standard InChI is InChI=1S/C8H14N4O/c9-4-7-2-1-3-12(7)5-8-10-6-11-13-8/h6-7H,1-5,9H2. The molecule has 13 heavy (non-hydrogen) atoms. The predicted octanol–water partition coefficient (Wildman–Crippen LogP) is -0.00730. The van der Waals surface area contributed by atoms with Crippen molar-refractivity contribution < 1.29 is 4.52 Å². The van der Waals surface area contributed by atoms with E-state index in [9.17, 15) is 0 Å². The molecule has 0 saturated carbocycles. The molecule has 5 heteroatoms. The van der Waals surface area contributed by atoms with Crippen molar-refractivity contribution in [2.75, 3.05) is 13.1 Å². The zero-order chi connectivity index (χ0) is 9.10. The van der Waals surface area contributed by atoms with Gasteiger partial charge in [0.15, 0.2) is 6.33 Å². The Kier molecular flexibility index (Phi) is 2.56. The lowest BCUT2D eigenvalue weighted by Crippen LogP contribution is -2.34. The highest BCUT2D eigenvalue weighted by Gasteiger charge is 2.24. The largest absolute Gasteiger partial charge is 0.338 e. The summed E-state index contributed by atoms with van der Waals surface area (Å²) < 4.78 is 4.94. The summed E-state index contributed by atoms with van der Waals surface area (Å²) >= 11 is 0. The zero-order valence-electron chi connectivity index (χ0n) is 7.52. The number of likely N-dealkylation sites (tertiary alicyclic amines) is 1. The van der Waals surface area contributed by atoms with E-state index in [1.165, 1.54) is 19.2 Å². The van der Waals surface area contributed by atoms with Crippen LogP contribution in [0.15, 0.2) is 10.9 Å². The van der Waals surface area contributed by atoms with E-state index in [2.05, 4.69) is 15.0 Å². The van der Waals surface area contributed by atoms with E-state index in [0.29, 0.717) is 18.5 Å². The maximum Gasteiger partial charge on any atom is 0.240 e. The van der Waals surface area contributed by atoms with Crippen molar-refractivity contribution in [3.05, 3.63) is 12.2 Å². The summed E-state index contributed by atoms with van der Waals surface area (Å²) in [7, 11) is 0. The van der Waals surface area contributed by atoms with Crippen molar-refractivity contribution in [1.29, 1.82) is 0 Å². The monoisotopic (exact) mass is 182 g/mol. The molecule has 2 N–H and O–H groups in total. The van der Waals surface area contributed by atoms with E-state index in [0.717, 1.165) is 13.1 Å². The lowest BCUT2D eigenvalue weighted by molar-refractivity contribution is 0.214. The molecule has 1 fully saturated rings. The highest BCUT2D eigenvalue weighted by molar-refractivity contribution is 4.84. The quantitative estimate of drug-likeness (QED) is 0.712. The maximum absolute atomic E-state index is 5.64. The molecule has 0 aromatic carbocycles. The average Bonchev–Trinajstić information content (AvgIpc) is 2.76. The van der Waals surface area contributed by atoms with Gasteiger partial charge in [0, 0.05) is 12.6 Å². The number of hydrogen-bond acceptors (Lipinski definition) is 5. The highest BCUT2D eigenvalue weighted by atomic mass is 16.5. The third-order valence-corrected chi connectivity index (χ3v) is 2.52. The van der Waals surface area contributed by atoms with Crippen LogP contribution in [0.3, 0.4) is 0 Å². The number of rotatable bonds is 3. The zero-order valence-corrected chi connectivity index (χ0v) is 7.52. The molecule has 5 nitrogen and oxygen atoms in total. The summed E-state index contributed by atoms with van der Waals surface area (Å²) in [4.78, 5) is 6.29. The summed E-state index contributed by atoms with van der Waals surface area (Å²) in [5.74, 6) is 0.681. The average molecular weight is 182 g/mol. The van der Waals surface area contributed by atoms with Crippen molar-refractivity contribution in [3.8, 4) is 0 Å². The highest BCUT2D eigenvalue weighted by Crippen LogP contribution is 2.17. The summed E-state index contributed by atoms with van der Waals surface area (Å²) in [6.07, 6.45) is 3.84. The lowest BCUT2D eigenvalue weighted by atomic mass is 10.2. The molecule has 72 valence electrons. The van der Waals surface area contributed by atoms with Gasteiger partial charge in [0.2, 0.25) is 5.89 Å². The molecule has 2 rings (SSSR count). The fraction of sp³-hybridized carbons (Fsp3) is 0.750. The van der Waals surface area contributed by atoms with Crippen molar-refractivity contribution >= 4 is 0 Å². The minimum Gasteiger partial charge on any atom is -0.338 e. The number of nitrogens with zero attached hydrogens (tertiary/aromatic N) is 3. The second-order valence-electron chi connectivity index (χ2n) is 3.34. The Hall–Kier alpha value is -0.940. The minimum atomic E-state index is 0.492. The molecule has 1 saturated heterocycles. The Morgan fingerprint density at radius 3 is 3.31 bits per heavy atom. The molecule has 0 amide bonds. The minimum absolute atomic E-state index is 0.492. The smallest absolute Gasteiger partial charge is 0.240 e. The first-order valence-electron chi connectivity index (χ1n) is 4.60. The predicted molar refractivity (Wildman–Crippen MR) is 46.8 cm³/mol. The summed E-state index contributed by atoms with van der Waals surface area (Å²) in [5.41, 5.74) is 5.64. The lowest BCUT2D eigenvalue weighted by Gasteiger charge is -2.20. The van der Waals surface area contributed by atoms with Gasteiger partial charge in [-0.2, -0.15) is 4.98 Å². The van der Waals surface area contributed by atoms with Crippen LogP contribution in [-0.2, 0) is 6.54 Å². The van der Waals surface area contributed by atoms with Gasteiger partial charge in [-0.15, -0.1) is 0 Å². The number of nitrogens with two attached hydrogens (primary N) is 1. The fourth-order valence-corrected chi connectivity index (χ4v) is 1.81.